The monoisotopic (exact) mass is 278 g/mol. The number of hydrogen-bond acceptors (Lipinski definition) is 2. The molecule has 19 heavy (non-hydrogen) atoms. The fourth-order valence-electron chi connectivity index (χ4n) is 1.58. The number of amides is 1. The van der Waals surface area contributed by atoms with Crippen LogP contribution in [0.4, 0.5) is 0 Å². The van der Waals surface area contributed by atoms with Gasteiger partial charge in [-0.2, -0.15) is 0 Å². The molecule has 4 nitrogen and oxygen atoms in total. The molecule has 2 aromatic rings. The normalized spacial score (nSPS) is 10.2. The van der Waals surface area contributed by atoms with Crippen LogP contribution in [0.5, 0.6) is 5.75 Å². The fraction of sp³-hybridized carbons (Fsp3) is 0.214. The quantitative estimate of drug-likeness (QED) is 0.883. The van der Waals surface area contributed by atoms with Crippen molar-refractivity contribution in [1.82, 2.24) is 10.3 Å². The zero-order valence-electron chi connectivity index (χ0n) is 10.6. The first-order chi connectivity index (χ1) is 9.15. The first-order valence-corrected chi connectivity index (χ1v) is 6.30. The number of ether oxygens (including phenoxy) is 1. The number of rotatable bonds is 5. The lowest BCUT2D eigenvalue weighted by Crippen LogP contribution is -2.28. The largest absolute Gasteiger partial charge is 0.482 e. The van der Waals surface area contributed by atoms with Gasteiger partial charge in [0.1, 0.15) is 5.75 Å². The minimum atomic E-state index is -0.182. The first-order valence-electron chi connectivity index (χ1n) is 5.92. The molecule has 1 amide bonds. The van der Waals surface area contributed by atoms with Crippen LogP contribution in [0.2, 0.25) is 5.02 Å². The highest BCUT2D eigenvalue weighted by Crippen LogP contribution is 2.24. The summed E-state index contributed by atoms with van der Waals surface area (Å²) in [6.07, 6.45) is 3.64. The van der Waals surface area contributed by atoms with Gasteiger partial charge in [0.15, 0.2) is 6.61 Å². The molecular formula is C14H15ClN2O2. The third-order valence-corrected chi connectivity index (χ3v) is 2.91. The summed E-state index contributed by atoms with van der Waals surface area (Å²) in [5, 5.41) is 3.27. The SMILES string of the molecule is Cc1ccc(Cl)c(OCC(=O)NCc2cc[nH]c2)c1. The average molecular weight is 279 g/mol. The number of hydrogen-bond donors (Lipinski definition) is 2. The highest BCUT2D eigenvalue weighted by Gasteiger charge is 2.06. The van der Waals surface area contributed by atoms with E-state index in [0.717, 1.165) is 11.1 Å². The lowest BCUT2D eigenvalue weighted by molar-refractivity contribution is -0.123. The predicted molar refractivity (Wildman–Crippen MR) is 74.3 cm³/mol. The Balaban J connectivity index is 1.81. The number of halogens is 1. The second-order valence-corrected chi connectivity index (χ2v) is 4.63. The molecule has 0 aliphatic carbocycles. The molecule has 1 aromatic heterocycles. The van der Waals surface area contributed by atoms with Gasteiger partial charge in [0, 0.05) is 18.9 Å². The molecule has 0 saturated carbocycles. The summed E-state index contributed by atoms with van der Waals surface area (Å²) < 4.78 is 5.40. The van der Waals surface area contributed by atoms with Crippen molar-refractivity contribution in [2.75, 3.05) is 6.61 Å². The van der Waals surface area contributed by atoms with E-state index >= 15 is 0 Å². The molecule has 0 radical (unpaired) electrons. The zero-order chi connectivity index (χ0) is 13.7. The lowest BCUT2D eigenvalue weighted by Gasteiger charge is -2.09. The highest BCUT2D eigenvalue weighted by molar-refractivity contribution is 6.32. The zero-order valence-corrected chi connectivity index (χ0v) is 11.3. The van der Waals surface area contributed by atoms with E-state index in [2.05, 4.69) is 10.3 Å². The molecule has 1 aromatic carbocycles. The topological polar surface area (TPSA) is 54.1 Å². The van der Waals surface area contributed by atoms with Crippen molar-refractivity contribution >= 4 is 17.5 Å². The van der Waals surface area contributed by atoms with E-state index in [0.29, 0.717) is 17.3 Å². The highest BCUT2D eigenvalue weighted by atomic mass is 35.5. The summed E-state index contributed by atoms with van der Waals surface area (Å²) in [6.45, 7) is 2.37. The average Bonchev–Trinajstić information content (AvgIpc) is 2.90. The summed E-state index contributed by atoms with van der Waals surface area (Å²) in [7, 11) is 0. The van der Waals surface area contributed by atoms with Crippen molar-refractivity contribution < 1.29 is 9.53 Å². The third-order valence-electron chi connectivity index (χ3n) is 2.60. The van der Waals surface area contributed by atoms with Crippen molar-refractivity contribution in [3.05, 3.63) is 52.8 Å². The standard InChI is InChI=1S/C14H15ClN2O2/c1-10-2-3-12(15)13(6-10)19-9-14(18)17-8-11-4-5-16-7-11/h2-7,16H,8-9H2,1H3,(H,17,18). The molecule has 5 heteroatoms. The van der Waals surface area contributed by atoms with Crippen LogP contribution >= 0.6 is 11.6 Å². The Labute approximate surface area is 116 Å². The van der Waals surface area contributed by atoms with Gasteiger partial charge in [0.05, 0.1) is 5.02 Å². The number of carbonyl (C=O) groups is 1. The summed E-state index contributed by atoms with van der Waals surface area (Å²) >= 11 is 5.98. The van der Waals surface area contributed by atoms with Crippen LogP contribution in [0.3, 0.4) is 0 Å². The van der Waals surface area contributed by atoms with Gasteiger partial charge in [-0.1, -0.05) is 17.7 Å². The predicted octanol–water partition coefficient (Wildman–Crippen LogP) is 2.67. The first kappa shape index (κ1) is 13.5. The molecule has 0 spiro atoms. The van der Waals surface area contributed by atoms with Crippen LogP contribution in [0.25, 0.3) is 0 Å². The number of aromatic nitrogens is 1. The Hall–Kier alpha value is -1.94. The maximum Gasteiger partial charge on any atom is 0.258 e. The van der Waals surface area contributed by atoms with Gasteiger partial charge in [-0.25, -0.2) is 0 Å². The van der Waals surface area contributed by atoms with Crippen LogP contribution in [0.1, 0.15) is 11.1 Å². The molecule has 100 valence electrons. The summed E-state index contributed by atoms with van der Waals surface area (Å²) in [4.78, 5) is 14.5. The van der Waals surface area contributed by atoms with Crippen molar-refractivity contribution in [2.24, 2.45) is 0 Å². The van der Waals surface area contributed by atoms with Crippen LogP contribution in [0.15, 0.2) is 36.7 Å². The smallest absolute Gasteiger partial charge is 0.258 e. The van der Waals surface area contributed by atoms with E-state index in [1.807, 2.05) is 37.5 Å². The van der Waals surface area contributed by atoms with Gasteiger partial charge in [0.25, 0.3) is 5.91 Å². The lowest BCUT2D eigenvalue weighted by atomic mass is 10.2. The Bertz CT molecular complexity index is 553. The van der Waals surface area contributed by atoms with Crippen molar-refractivity contribution in [1.29, 1.82) is 0 Å². The summed E-state index contributed by atoms with van der Waals surface area (Å²) in [6, 6.07) is 7.35. The summed E-state index contributed by atoms with van der Waals surface area (Å²) in [5.41, 5.74) is 2.05. The molecule has 0 bridgehead atoms. The Morgan fingerprint density at radius 1 is 1.42 bits per heavy atom. The molecule has 0 saturated heterocycles. The number of nitrogens with one attached hydrogen (secondary N) is 2. The summed E-state index contributed by atoms with van der Waals surface area (Å²) in [5.74, 6) is 0.345. The van der Waals surface area contributed by atoms with Crippen LogP contribution < -0.4 is 10.1 Å². The van der Waals surface area contributed by atoms with Crippen LogP contribution in [-0.2, 0) is 11.3 Å². The van der Waals surface area contributed by atoms with E-state index in [1.165, 1.54) is 0 Å². The van der Waals surface area contributed by atoms with Crippen molar-refractivity contribution in [3.63, 3.8) is 0 Å². The van der Waals surface area contributed by atoms with E-state index in [-0.39, 0.29) is 12.5 Å². The molecule has 0 fully saturated rings. The number of benzene rings is 1. The number of aromatic amines is 1. The van der Waals surface area contributed by atoms with Gasteiger partial charge < -0.3 is 15.0 Å². The van der Waals surface area contributed by atoms with E-state index in [1.54, 1.807) is 6.07 Å². The molecule has 0 unspecified atom stereocenters. The number of aryl methyl sites for hydroxylation is 1. The maximum atomic E-state index is 11.6. The van der Waals surface area contributed by atoms with Gasteiger partial charge in [0.2, 0.25) is 0 Å². The minimum Gasteiger partial charge on any atom is -0.482 e. The van der Waals surface area contributed by atoms with Gasteiger partial charge in [-0.3, -0.25) is 4.79 Å². The van der Waals surface area contributed by atoms with E-state index < -0.39 is 0 Å². The Morgan fingerprint density at radius 2 is 2.26 bits per heavy atom. The molecule has 0 aliphatic heterocycles. The molecule has 1 heterocycles. The Kier molecular flexibility index (Phi) is 4.47. The Morgan fingerprint density at radius 3 is 3.00 bits per heavy atom. The molecular weight excluding hydrogens is 264 g/mol. The van der Waals surface area contributed by atoms with Crippen molar-refractivity contribution in [2.45, 2.75) is 13.5 Å². The van der Waals surface area contributed by atoms with Gasteiger partial charge >= 0.3 is 0 Å². The molecule has 2 N–H and O–H groups in total. The van der Waals surface area contributed by atoms with Gasteiger partial charge in [-0.15, -0.1) is 0 Å². The third kappa shape index (κ3) is 4.03. The molecule has 0 atom stereocenters. The minimum absolute atomic E-state index is 0.0480. The van der Waals surface area contributed by atoms with Gasteiger partial charge in [-0.05, 0) is 36.2 Å². The number of carbonyl (C=O) groups excluding carboxylic acids is 1. The fourth-order valence-corrected chi connectivity index (χ4v) is 1.76. The maximum absolute atomic E-state index is 11.6. The van der Waals surface area contributed by atoms with Crippen LogP contribution in [0, 0.1) is 6.92 Å². The second kappa shape index (κ2) is 6.29. The molecule has 0 aliphatic rings. The van der Waals surface area contributed by atoms with Crippen LogP contribution in [-0.4, -0.2) is 17.5 Å². The van der Waals surface area contributed by atoms with Crippen molar-refractivity contribution in [3.8, 4) is 5.75 Å². The van der Waals surface area contributed by atoms with E-state index in [9.17, 15) is 4.79 Å². The second-order valence-electron chi connectivity index (χ2n) is 4.22. The molecule has 2 rings (SSSR count). The number of H-pyrrole nitrogens is 1. The van der Waals surface area contributed by atoms with E-state index in [4.69, 9.17) is 16.3 Å².